The molecule has 1 N–H and O–H groups in total. The number of carbonyl (C=O) groups excluding carboxylic acids is 2. The first-order valence-electron chi connectivity index (χ1n) is 7.31. The van der Waals surface area contributed by atoms with E-state index < -0.39 is 0 Å². The zero-order valence-corrected chi connectivity index (χ0v) is 12.2. The van der Waals surface area contributed by atoms with Gasteiger partial charge in [-0.1, -0.05) is 20.8 Å². The number of nitrogens with one attached hydrogen (secondary N) is 1. The lowest BCUT2D eigenvalue weighted by Crippen LogP contribution is -2.45. The number of likely N-dealkylation sites (tertiary alicyclic amines) is 1. The first kappa shape index (κ1) is 14.3. The molecule has 0 unspecified atom stereocenters. The topological polar surface area (TPSA) is 52.7 Å². The Morgan fingerprint density at radius 2 is 1.89 bits per heavy atom. The molecule has 5 heteroatoms. The molecule has 108 valence electrons. The highest BCUT2D eigenvalue weighted by molar-refractivity contribution is 6.04. The van der Waals surface area contributed by atoms with Crippen molar-refractivity contribution < 1.29 is 9.59 Å². The predicted octanol–water partition coefficient (Wildman–Crippen LogP) is 1.64. The zero-order valence-electron chi connectivity index (χ0n) is 12.2. The zero-order chi connectivity index (χ0) is 14.0. The van der Waals surface area contributed by atoms with Crippen molar-refractivity contribution in [2.45, 2.75) is 46.1 Å². The number of amides is 3. The summed E-state index contributed by atoms with van der Waals surface area (Å²) in [7, 11) is 0. The fourth-order valence-electron chi connectivity index (χ4n) is 2.75. The standard InChI is InChI=1S/C14H25N3O2/c1-10(2)8-12-13(18)17(14(19)15-12)9-16-6-4-11(3)5-7-16/h10-12H,4-9H2,1-3H3,(H,15,19)/t12-/m0/s1. The summed E-state index contributed by atoms with van der Waals surface area (Å²) in [6.07, 6.45) is 3.02. The summed E-state index contributed by atoms with van der Waals surface area (Å²) in [5.74, 6) is 1.11. The van der Waals surface area contributed by atoms with E-state index in [0.29, 0.717) is 12.6 Å². The van der Waals surface area contributed by atoms with Gasteiger partial charge in [-0.25, -0.2) is 9.69 Å². The third kappa shape index (κ3) is 3.47. The van der Waals surface area contributed by atoms with Gasteiger partial charge in [0.05, 0.1) is 6.67 Å². The van der Waals surface area contributed by atoms with E-state index in [1.807, 2.05) is 0 Å². The first-order chi connectivity index (χ1) is 8.97. The fourth-order valence-corrected chi connectivity index (χ4v) is 2.75. The molecule has 1 atom stereocenters. The van der Waals surface area contributed by atoms with Gasteiger partial charge in [0.15, 0.2) is 0 Å². The van der Waals surface area contributed by atoms with Crippen LogP contribution in [0.4, 0.5) is 4.79 Å². The smallest absolute Gasteiger partial charge is 0.325 e. The molecule has 2 fully saturated rings. The minimum Gasteiger partial charge on any atom is -0.326 e. The minimum absolute atomic E-state index is 0.0580. The quantitative estimate of drug-likeness (QED) is 0.788. The molecule has 2 heterocycles. The van der Waals surface area contributed by atoms with Crippen LogP contribution in [0.25, 0.3) is 0 Å². The van der Waals surface area contributed by atoms with Gasteiger partial charge in [-0.2, -0.15) is 0 Å². The van der Waals surface area contributed by atoms with Gasteiger partial charge in [0, 0.05) is 13.1 Å². The van der Waals surface area contributed by atoms with Crippen LogP contribution < -0.4 is 5.32 Å². The molecule has 0 aromatic carbocycles. The van der Waals surface area contributed by atoms with Crippen molar-refractivity contribution in [2.24, 2.45) is 11.8 Å². The SMILES string of the molecule is CC(C)C[C@@H]1NC(=O)N(CN2CCC(C)CC2)C1=O. The number of imide groups is 1. The van der Waals surface area contributed by atoms with Crippen molar-refractivity contribution in [1.29, 1.82) is 0 Å². The number of urea groups is 1. The summed E-state index contributed by atoms with van der Waals surface area (Å²) in [4.78, 5) is 27.7. The molecule has 0 aromatic rings. The molecule has 3 amide bonds. The second-order valence-corrected chi connectivity index (χ2v) is 6.34. The van der Waals surface area contributed by atoms with Gasteiger partial charge in [0.2, 0.25) is 0 Å². The van der Waals surface area contributed by atoms with Gasteiger partial charge in [0.1, 0.15) is 6.04 Å². The third-order valence-corrected chi connectivity index (χ3v) is 4.03. The molecule has 0 saturated carbocycles. The molecule has 5 nitrogen and oxygen atoms in total. The molecule has 0 bridgehead atoms. The average Bonchev–Trinajstić information content (AvgIpc) is 2.59. The van der Waals surface area contributed by atoms with Crippen LogP contribution in [-0.4, -0.2) is 47.5 Å². The van der Waals surface area contributed by atoms with Crippen LogP contribution in [0.2, 0.25) is 0 Å². The Balaban J connectivity index is 1.89. The van der Waals surface area contributed by atoms with Gasteiger partial charge < -0.3 is 5.32 Å². The number of rotatable bonds is 4. The second-order valence-electron chi connectivity index (χ2n) is 6.34. The normalized spacial score (nSPS) is 26.3. The van der Waals surface area contributed by atoms with Crippen LogP contribution in [-0.2, 0) is 4.79 Å². The highest BCUT2D eigenvalue weighted by Gasteiger charge is 2.38. The number of hydrogen-bond acceptors (Lipinski definition) is 3. The van der Waals surface area contributed by atoms with Crippen LogP contribution in [0.1, 0.15) is 40.0 Å². The maximum atomic E-state index is 12.2. The molecular weight excluding hydrogens is 242 g/mol. The van der Waals surface area contributed by atoms with Crippen molar-refractivity contribution in [2.75, 3.05) is 19.8 Å². The molecule has 0 aromatic heterocycles. The second kappa shape index (κ2) is 5.90. The molecule has 2 aliphatic rings. The van der Waals surface area contributed by atoms with Crippen LogP contribution in [0.15, 0.2) is 0 Å². The van der Waals surface area contributed by atoms with E-state index in [0.717, 1.165) is 38.3 Å². The lowest BCUT2D eigenvalue weighted by atomic mass is 10.00. The summed E-state index contributed by atoms with van der Waals surface area (Å²) in [6.45, 7) is 8.79. The predicted molar refractivity (Wildman–Crippen MR) is 73.5 cm³/mol. The number of hydrogen-bond donors (Lipinski definition) is 1. The van der Waals surface area contributed by atoms with Crippen molar-refractivity contribution in [3.8, 4) is 0 Å². The van der Waals surface area contributed by atoms with E-state index in [-0.39, 0.29) is 18.0 Å². The Kier molecular flexibility index (Phi) is 4.45. The van der Waals surface area contributed by atoms with Crippen LogP contribution in [0, 0.1) is 11.8 Å². The Morgan fingerprint density at radius 3 is 2.47 bits per heavy atom. The molecule has 19 heavy (non-hydrogen) atoms. The van der Waals surface area contributed by atoms with E-state index >= 15 is 0 Å². The van der Waals surface area contributed by atoms with E-state index in [4.69, 9.17) is 0 Å². The highest BCUT2D eigenvalue weighted by atomic mass is 16.2. The molecule has 2 rings (SSSR count). The van der Waals surface area contributed by atoms with Gasteiger partial charge in [-0.15, -0.1) is 0 Å². The molecule has 2 saturated heterocycles. The van der Waals surface area contributed by atoms with Gasteiger partial charge in [-0.05, 0) is 31.1 Å². The average molecular weight is 267 g/mol. The largest absolute Gasteiger partial charge is 0.326 e. The lowest BCUT2D eigenvalue weighted by Gasteiger charge is -2.32. The van der Waals surface area contributed by atoms with Gasteiger partial charge in [0.25, 0.3) is 5.91 Å². The first-order valence-corrected chi connectivity index (χ1v) is 7.31. The molecule has 2 aliphatic heterocycles. The molecule has 0 spiro atoms. The minimum atomic E-state index is -0.323. The maximum Gasteiger partial charge on any atom is 0.325 e. The Hall–Kier alpha value is -1.10. The molecular formula is C14H25N3O2. The summed E-state index contributed by atoms with van der Waals surface area (Å²) in [6, 6.07) is -0.550. The van der Waals surface area contributed by atoms with Crippen LogP contribution in [0.3, 0.4) is 0 Å². The highest BCUT2D eigenvalue weighted by Crippen LogP contribution is 2.19. The molecule has 0 aliphatic carbocycles. The van der Waals surface area contributed by atoms with Crippen molar-refractivity contribution in [3.05, 3.63) is 0 Å². The van der Waals surface area contributed by atoms with Crippen LogP contribution in [0.5, 0.6) is 0 Å². The molecule has 0 radical (unpaired) electrons. The summed E-state index contributed by atoms with van der Waals surface area (Å²) in [5, 5.41) is 2.79. The van der Waals surface area contributed by atoms with Crippen molar-refractivity contribution in [3.63, 3.8) is 0 Å². The lowest BCUT2D eigenvalue weighted by molar-refractivity contribution is -0.129. The Bertz CT molecular complexity index is 349. The van der Waals surface area contributed by atoms with E-state index in [9.17, 15) is 9.59 Å². The summed E-state index contributed by atoms with van der Waals surface area (Å²) in [5.41, 5.74) is 0. The van der Waals surface area contributed by atoms with Crippen LogP contribution >= 0.6 is 0 Å². The summed E-state index contributed by atoms with van der Waals surface area (Å²) >= 11 is 0. The maximum absolute atomic E-state index is 12.2. The van der Waals surface area contributed by atoms with E-state index in [1.165, 1.54) is 4.90 Å². The third-order valence-electron chi connectivity index (χ3n) is 4.03. The van der Waals surface area contributed by atoms with E-state index in [2.05, 4.69) is 31.0 Å². The monoisotopic (exact) mass is 267 g/mol. The van der Waals surface area contributed by atoms with Gasteiger partial charge >= 0.3 is 6.03 Å². The number of carbonyl (C=O) groups is 2. The van der Waals surface area contributed by atoms with Crippen molar-refractivity contribution >= 4 is 11.9 Å². The number of nitrogens with zero attached hydrogens (tertiary/aromatic N) is 2. The summed E-state index contributed by atoms with van der Waals surface area (Å²) < 4.78 is 0. The van der Waals surface area contributed by atoms with Gasteiger partial charge in [-0.3, -0.25) is 9.69 Å². The fraction of sp³-hybridized carbons (Fsp3) is 0.857. The number of piperidine rings is 1. The Morgan fingerprint density at radius 1 is 1.26 bits per heavy atom. The Labute approximate surface area is 115 Å². The van der Waals surface area contributed by atoms with E-state index in [1.54, 1.807) is 0 Å². The van der Waals surface area contributed by atoms with Crippen molar-refractivity contribution in [1.82, 2.24) is 15.1 Å².